The quantitative estimate of drug-likeness (QED) is 0.475. The Morgan fingerprint density at radius 3 is 2.31 bits per heavy atom. The molecule has 0 rings (SSSR count). The largest absolute Gasteiger partial charge is 0.380 e. The zero-order valence-electron chi connectivity index (χ0n) is 9.07. The van der Waals surface area contributed by atoms with Crippen LogP contribution in [-0.2, 0) is 0 Å². The van der Waals surface area contributed by atoms with E-state index in [4.69, 9.17) is 12.2 Å². The summed E-state index contributed by atoms with van der Waals surface area (Å²) >= 11 is 5.19. The molecule has 0 aliphatic carbocycles. The lowest BCUT2D eigenvalue weighted by Gasteiger charge is -2.06. The van der Waals surface area contributed by atoms with Crippen molar-refractivity contribution in [2.24, 2.45) is 0 Å². The third-order valence-corrected chi connectivity index (χ3v) is 2.46. The topological polar surface area (TPSA) is 12.0 Å². The maximum absolute atomic E-state index is 5.19. The Balaban J connectivity index is 3.08. The molecule has 1 N–H and O–H groups in total. The van der Waals surface area contributed by atoms with E-state index >= 15 is 0 Å². The Hall–Kier alpha value is -0.110. The highest BCUT2D eigenvalue weighted by Gasteiger charge is 1.94. The molecule has 0 spiro atoms. The van der Waals surface area contributed by atoms with Crippen LogP contribution in [0, 0.1) is 0 Å². The molecule has 0 saturated heterocycles. The first-order chi connectivity index (χ1) is 6.31. The van der Waals surface area contributed by atoms with Crippen molar-refractivity contribution in [1.29, 1.82) is 0 Å². The predicted octanol–water partition coefficient (Wildman–Crippen LogP) is 3.67. The summed E-state index contributed by atoms with van der Waals surface area (Å²) in [5.74, 6) is 0. The van der Waals surface area contributed by atoms with E-state index in [1.54, 1.807) is 0 Å². The molecule has 0 aromatic heterocycles. The van der Waals surface area contributed by atoms with Crippen LogP contribution in [0.1, 0.15) is 58.8 Å². The van der Waals surface area contributed by atoms with Crippen LogP contribution in [0.4, 0.5) is 0 Å². The molecule has 0 saturated carbocycles. The molecule has 0 amide bonds. The molecule has 78 valence electrons. The molecular formula is C11H23NS. The van der Waals surface area contributed by atoms with Gasteiger partial charge in [-0.1, -0.05) is 51.7 Å². The monoisotopic (exact) mass is 201 g/mol. The van der Waals surface area contributed by atoms with Crippen molar-refractivity contribution in [2.75, 3.05) is 6.54 Å². The van der Waals surface area contributed by atoms with Crippen LogP contribution in [0.2, 0.25) is 0 Å². The Morgan fingerprint density at radius 2 is 1.69 bits per heavy atom. The summed E-state index contributed by atoms with van der Waals surface area (Å²) in [5, 5.41) is 3.31. The van der Waals surface area contributed by atoms with Gasteiger partial charge >= 0.3 is 0 Å². The summed E-state index contributed by atoms with van der Waals surface area (Å²) in [6.45, 7) is 5.51. The van der Waals surface area contributed by atoms with E-state index in [1.807, 2.05) is 0 Å². The van der Waals surface area contributed by atoms with Crippen LogP contribution in [0.25, 0.3) is 0 Å². The molecule has 0 aromatic rings. The standard InChI is InChI=1S/C11H23NS/c1-3-5-7-8-10-12-11(13)9-6-4-2/h3-10H2,1-2H3,(H,12,13). The summed E-state index contributed by atoms with van der Waals surface area (Å²) in [6, 6.07) is 0. The van der Waals surface area contributed by atoms with E-state index in [-0.39, 0.29) is 0 Å². The third-order valence-electron chi connectivity index (χ3n) is 2.11. The maximum Gasteiger partial charge on any atom is 0.0753 e. The van der Waals surface area contributed by atoms with Gasteiger partial charge in [-0.2, -0.15) is 0 Å². The van der Waals surface area contributed by atoms with Gasteiger partial charge in [-0.3, -0.25) is 0 Å². The maximum atomic E-state index is 5.19. The number of nitrogens with one attached hydrogen (secondary N) is 1. The first-order valence-electron chi connectivity index (χ1n) is 5.58. The van der Waals surface area contributed by atoms with Crippen molar-refractivity contribution in [3.8, 4) is 0 Å². The van der Waals surface area contributed by atoms with Gasteiger partial charge in [-0.05, 0) is 19.3 Å². The zero-order chi connectivity index (χ0) is 9.94. The zero-order valence-corrected chi connectivity index (χ0v) is 9.88. The van der Waals surface area contributed by atoms with Gasteiger partial charge < -0.3 is 5.32 Å². The summed E-state index contributed by atoms with van der Waals surface area (Å²) in [6.07, 6.45) is 8.78. The number of unbranched alkanes of at least 4 members (excludes halogenated alkanes) is 4. The normalized spacial score (nSPS) is 10.0. The second kappa shape index (κ2) is 9.97. The van der Waals surface area contributed by atoms with Crippen molar-refractivity contribution in [2.45, 2.75) is 58.8 Å². The van der Waals surface area contributed by atoms with Gasteiger partial charge in [0.05, 0.1) is 4.99 Å². The van der Waals surface area contributed by atoms with Gasteiger partial charge in [-0.25, -0.2) is 0 Å². The smallest absolute Gasteiger partial charge is 0.0753 e. The highest BCUT2D eigenvalue weighted by atomic mass is 32.1. The molecule has 0 heterocycles. The van der Waals surface area contributed by atoms with E-state index < -0.39 is 0 Å². The van der Waals surface area contributed by atoms with Crippen LogP contribution >= 0.6 is 12.2 Å². The molecular weight excluding hydrogens is 178 g/mol. The van der Waals surface area contributed by atoms with Crippen LogP contribution < -0.4 is 5.32 Å². The summed E-state index contributed by atoms with van der Waals surface area (Å²) in [5.41, 5.74) is 0. The molecule has 0 radical (unpaired) electrons. The fourth-order valence-electron chi connectivity index (χ4n) is 1.21. The van der Waals surface area contributed by atoms with Crippen molar-refractivity contribution >= 4 is 17.2 Å². The molecule has 0 aliphatic heterocycles. The second-order valence-electron chi connectivity index (χ2n) is 3.51. The van der Waals surface area contributed by atoms with Crippen LogP contribution in [0.15, 0.2) is 0 Å². The molecule has 13 heavy (non-hydrogen) atoms. The average molecular weight is 201 g/mol. The third kappa shape index (κ3) is 9.81. The van der Waals surface area contributed by atoms with Crippen molar-refractivity contribution in [3.05, 3.63) is 0 Å². The lowest BCUT2D eigenvalue weighted by molar-refractivity contribution is 0.652. The summed E-state index contributed by atoms with van der Waals surface area (Å²) in [7, 11) is 0. The molecule has 0 aromatic carbocycles. The Labute approximate surface area is 88.3 Å². The minimum Gasteiger partial charge on any atom is -0.380 e. The fourth-order valence-corrected chi connectivity index (χ4v) is 1.45. The summed E-state index contributed by atoms with van der Waals surface area (Å²) in [4.78, 5) is 1.05. The predicted molar refractivity (Wildman–Crippen MR) is 64.3 cm³/mol. The molecule has 0 bridgehead atoms. The minimum absolute atomic E-state index is 1.05. The minimum atomic E-state index is 1.05. The number of rotatable bonds is 8. The Kier molecular flexibility index (Phi) is 9.89. The first kappa shape index (κ1) is 12.9. The summed E-state index contributed by atoms with van der Waals surface area (Å²) < 4.78 is 0. The van der Waals surface area contributed by atoms with Gasteiger partial charge in [0.1, 0.15) is 0 Å². The Bertz CT molecular complexity index is 123. The van der Waals surface area contributed by atoms with Gasteiger partial charge in [0.15, 0.2) is 0 Å². The molecule has 2 heteroatoms. The molecule has 1 nitrogen and oxygen atoms in total. The molecule has 0 aliphatic rings. The first-order valence-corrected chi connectivity index (χ1v) is 5.98. The van der Waals surface area contributed by atoms with Crippen molar-refractivity contribution in [3.63, 3.8) is 0 Å². The molecule has 0 atom stereocenters. The van der Waals surface area contributed by atoms with Crippen molar-refractivity contribution in [1.82, 2.24) is 5.32 Å². The van der Waals surface area contributed by atoms with Crippen LogP contribution in [0.5, 0.6) is 0 Å². The van der Waals surface area contributed by atoms with E-state index in [1.165, 1.54) is 38.5 Å². The van der Waals surface area contributed by atoms with Gasteiger partial charge in [0, 0.05) is 6.54 Å². The van der Waals surface area contributed by atoms with Gasteiger partial charge in [-0.15, -0.1) is 0 Å². The Morgan fingerprint density at radius 1 is 1.00 bits per heavy atom. The lowest BCUT2D eigenvalue weighted by atomic mass is 10.2. The lowest BCUT2D eigenvalue weighted by Crippen LogP contribution is -2.22. The van der Waals surface area contributed by atoms with E-state index in [0.29, 0.717) is 0 Å². The fraction of sp³-hybridized carbons (Fsp3) is 0.909. The second-order valence-corrected chi connectivity index (χ2v) is 4.01. The van der Waals surface area contributed by atoms with Crippen LogP contribution in [0.3, 0.4) is 0 Å². The van der Waals surface area contributed by atoms with Crippen molar-refractivity contribution < 1.29 is 0 Å². The van der Waals surface area contributed by atoms with Gasteiger partial charge in [0.25, 0.3) is 0 Å². The SMILES string of the molecule is CCCCCCNC(=S)CCCC. The molecule has 0 fully saturated rings. The number of hydrogen-bond acceptors (Lipinski definition) is 1. The average Bonchev–Trinajstić information content (AvgIpc) is 2.14. The van der Waals surface area contributed by atoms with E-state index in [0.717, 1.165) is 18.0 Å². The number of thiocarbonyl (C=S) groups is 1. The molecule has 0 unspecified atom stereocenters. The highest BCUT2D eigenvalue weighted by Crippen LogP contribution is 1.98. The van der Waals surface area contributed by atoms with Crippen LogP contribution in [-0.4, -0.2) is 11.5 Å². The highest BCUT2D eigenvalue weighted by molar-refractivity contribution is 7.80. The van der Waals surface area contributed by atoms with E-state index in [9.17, 15) is 0 Å². The van der Waals surface area contributed by atoms with Gasteiger partial charge in [0.2, 0.25) is 0 Å². The number of hydrogen-bond donors (Lipinski definition) is 1. The van der Waals surface area contributed by atoms with E-state index in [2.05, 4.69) is 19.2 Å².